The Morgan fingerprint density at radius 1 is 0.929 bits per heavy atom. The molecule has 0 bridgehead atoms. The smallest absolute Gasteiger partial charge is 0.272 e. The number of hydrogen-bond acceptors (Lipinski definition) is 4. The van der Waals surface area contributed by atoms with Crippen molar-refractivity contribution in [1.82, 2.24) is 0 Å². The molecule has 1 amide bonds. The number of hydrogen-bond donors (Lipinski definition) is 0. The highest BCUT2D eigenvalue weighted by molar-refractivity contribution is 9.10. The predicted molar refractivity (Wildman–Crippen MR) is 112 cm³/mol. The first kappa shape index (κ1) is 20.1. The molecule has 5 nitrogen and oxygen atoms in total. The molecule has 3 rings (SSSR count). The van der Waals surface area contributed by atoms with E-state index in [9.17, 15) is 13.2 Å². The van der Waals surface area contributed by atoms with Crippen molar-refractivity contribution < 1.29 is 17.9 Å². The van der Waals surface area contributed by atoms with E-state index in [1.54, 1.807) is 66.7 Å². The molecule has 0 N–H and O–H groups in total. The summed E-state index contributed by atoms with van der Waals surface area (Å²) in [6, 6.07) is 20.8. The third kappa shape index (κ3) is 4.26. The number of benzene rings is 3. The molecule has 0 saturated heterocycles. The molecule has 3 aromatic carbocycles. The Labute approximate surface area is 172 Å². The lowest BCUT2D eigenvalue weighted by molar-refractivity contribution is 0.101. The summed E-state index contributed by atoms with van der Waals surface area (Å²) < 4.78 is 33.6. The topological polar surface area (TPSA) is 63.7 Å². The van der Waals surface area contributed by atoms with Gasteiger partial charge in [0.2, 0.25) is 0 Å². The zero-order valence-electron chi connectivity index (χ0n) is 15.1. The van der Waals surface area contributed by atoms with Gasteiger partial charge in [-0.15, -0.1) is 0 Å². The number of anilines is 1. The molecule has 0 atom stereocenters. The van der Waals surface area contributed by atoms with Crippen molar-refractivity contribution in [2.75, 3.05) is 10.9 Å². The van der Waals surface area contributed by atoms with Crippen LogP contribution in [0.1, 0.15) is 17.3 Å². The minimum Gasteiger partial charge on any atom is -0.494 e. The maximum Gasteiger partial charge on any atom is 0.272 e. The van der Waals surface area contributed by atoms with Crippen molar-refractivity contribution in [3.63, 3.8) is 0 Å². The molecule has 0 aliphatic rings. The summed E-state index contributed by atoms with van der Waals surface area (Å²) in [6.45, 7) is 2.35. The Balaban J connectivity index is 2.10. The van der Waals surface area contributed by atoms with Crippen LogP contribution in [0.5, 0.6) is 5.75 Å². The lowest BCUT2D eigenvalue weighted by Gasteiger charge is -2.23. The van der Waals surface area contributed by atoms with E-state index in [0.717, 1.165) is 8.78 Å². The molecule has 0 saturated carbocycles. The number of amides is 1. The molecule has 144 valence electrons. The lowest BCUT2D eigenvalue weighted by Crippen LogP contribution is -2.37. The second-order valence-electron chi connectivity index (χ2n) is 5.82. The van der Waals surface area contributed by atoms with Crippen molar-refractivity contribution in [3.05, 3.63) is 88.9 Å². The first-order valence-electron chi connectivity index (χ1n) is 8.56. The van der Waals surface area contributed by atoms with Gasteiger partial charge in [-0.1, -0.05) is 34.1 Å². The Kier molecular flexibility index (Phi) is 6.16. The average Bonchev–Trinajstić information content (AvgIpc) is 2.70. The first-order valence-corrected chi connectivity index (χ1v) is 10.8. The summed E-state index contributed by atoms with van der Waals surface area (Å²) in [6.07, 6.45) is 0. The number of carbonyl (C=O) groups excluding carboxylic acids is 1. The average molecular weight is 460 g/mol. The number of rotatable bonds is 6. The molecule has 0 aliphatic carbocycles. The van der Waals surface area contributed by atoms with Crippen LogP contribution in [0.25, 0.3) is 0 Å². The summed E-state index contributed by atoms with van der Waals surface area (Å²) in [4.78, 5) is 13.2. The molecule has 7 heteroatoms. The van der Waals surface area contributed by atoms with E-state index in [-0.39, 0.29) is 16.1 Å². The highest BCUT2D eigenvalue weighted by Crippen LogP contribution is 2.28. The summed E-state index contributed by atoms with van der Waals surface area (Å²) in [7, 11) is -4.11. The van der Waals surface area contributed by atoms with Gasteiger partial charge in [0, 0.05) is 10.0 Å². The van der Waals surface area contributed by atoms with Crippen LogP contribution in [0.15, 0.2) is 88.2 Å². The lowest BCUT2D eigenvalue weighted by atomic mass is 10.2. The van der Waals surface area contributed by atoms with E-state index in [2.05, 4.69) is 15.9 Å². The van der Waals surface area contributed by atoms with Gasteiger partial charge in [-0.05, 0) is 67.6 Å². The minimum atomic E-state index is -4.11. The molecule has 0 aromatic heterocycles. The predicted octanol–water partition coefficient (Wildman–Crippen LogP) is 4.88. The molecule has 0 aliphatic heterocycles. The maximum absolute atomic E-state index is 13.3. The molecular formula is C21H18BrNO4S. The summed E-state index contributed by atoms with van der Waals surface area (Å²) in [5.74, 6) is -0.0417. The number of sulfonamides is 1. The number of carbonyl (C=O) groups is 1. The maximum atomic E-state index is 13.3. The van der Waals surface area contributed by atoms with E-state index in [1.807, 2.05) is 6.92 Å². The van der Waals surface area contributed by atoms with E-state index < -0.39 is 15.9 Å². The van der Waals surface area contributed by atoms with Gasteiger partial charge in [0.15, 0.2) is 0 Å². The highest BCUT2D eigenvalue weighted by Gasteiger charge is 2.31. The van der Waals surface area contributed by atoms with Crippen LogP contribution in [0.2, 0.25) is 0 Å². The van der Waals surface area contributed by atoms with E-state index >= 15 is 0 Å². The highest BCUT2D eigenvalue weighted by atomic mass is 79.9. The third-order valence-electron chi connectivity index (χ3n) is 3.94. The van der Waals surface area contributed by atoms with Gasteiger partial charge in [-0.3, -0.25) is 4.79 Å². The third-order valence-corrected chi connectivity index (χ3v) is 6.19. The summed E-state index contributed by atoms with van der Waals surface area (Å²) >= 11 is 3.32. The quantitative estimate of drug-likeness (QED) is 0.526. The Hall–Kier alpha value is -2.64. The molecule has 0 radical (unpaired) electrons. The van der Waals surface area contributed by atoms with Crippen molar-refractivity contribution >= 4 is 37.5 Å². The van der Waals surface area contributed by atoms with Crippen LogP contribution in [0.3, 0.4) is 0 Å². The largest absolute Gasteiger partial charge is 0.494 e. The van der Waals surface area contributed by atoms with Crippen LogP contribution in [-0.4, -0.2) is 20.9 Å². The van der Waals surface area contributed by atoms with E-state index in [1.165, 1.54) is 12.1 Å². The molecule has 0 unspecified atom stereocenters. The molecular weight excluding hydrogens is 442 g/mol. The number of halogens is 1. The SMILES string of the molecule is CCOc1ccc(N(C(=O)c2ccc(Br)cc2)S(=O)(=O)c2ccccc2)cc1. The van der Waals surface area contributed by atoms with Crippen LogP contribution >= 0.6 is 15.9 Å². The minimum absolute atomic E-state index is 0.0364. The second-order valence-corrected chi connectivity index (χ2v) is 8.52. The van der Waals surface area contributed by atoms with Crippen molar-refractivity contribution in [2.45, 2.75) is 11.8 Å². The standard InChI is InChI=1S/C21H18BrNO4S/c1-2-27-19-14-12-18(13-15-19)23(21(24)16-8-10-17(22)11-9-16)28(25,26)20-6-4-3-5-7-20/h3-15H,2H2,1H3. The normalized spacial score (nSPS) is 11.1. The van der Waals surface area contributed by atoms with E-state index in [4.69, 9.17) is 4.74 Å². The Morgan fingerprint density at radius 2 is 1.54 bits per heavy atom. The number of nitrogens with zero attached hydrogens (tertiary/aromatic N) is 1. The van der Waals surface area contributed by atoms with E-state index in [0.29, 0.717) is 12.4 Å². The molecule has 28 heavy (non-hydrogen) atoms. The van der Waals surface area contributed by atoms with Gasteiger partial charge < -0.3 is 4.74 Å². The summed E-state index contributed by atoms with van der Waals surface area (Å²) in [5, 5.41) is 0. The van der Waals surface area contributed by atoms with Gasteiger partial charge >= 0.3 is 0 Å². The van der Waals surface area contributed by atoms with Crippen molar-refractivity contribution in [2.24, 2.45) is 0 Å². The van der Waals surface area contributed by atoms with Crippen molar-refractivity contribution in [3.8, 4) is 5.75 Å². The van der Waals surface area contributed by atoms with Gasteiger partial charge in [0.1, 0.15) is 5.75 Å². The second kappa shape index (κ2) is 8.58. The zero-order chi connectivity index (χ0) is 20.1. The summed E-state index contributed by atoms with van der Waals surface area (Å²) in [5.41, 5.74) is 0.497. The van der Waals surface area contributed by atoms with Gasteiger partial charge in [-0.2, -0.15) is 4.31 Å². The van der Waals surface area contributed by atoms with Crippen LogP contribution in [0.4, 0.5) is 5.69 Å². The van der Waals surface area contributed by atoms with Crippen LogP contribution in [-0.2, 0) is 10.0 Å². The fraction of sp³-hybridized carbons (Fsp3) is 0.0952. The van der Waals surface area contributed by atoms with Crippen LogP contribution in [0, 0.1) is 0 Å². The van der Waals surface area contributed by atoms with Gasteiger partial charge in [-0.25, -0.2) is 8.42 Å². The van der Waals surface area contributed by atoms with Gasteiger partial charge in [0.25, 0.3) is 15.9 Å². The van der Waals surface area contributed by atoms with Crippen LogP contribution < -0.4 is 9.04 Å². The molecule has 0 fully saturated rings. The molecule has 0 spiro atoms. The zero-order valence-corrected chi connectivity index (χ0v) is 17.5. The molecule has 0 heterocycles. The first-order chi connectivity index (χ1) is 13.4. The Bertz CT molecular complexity index is 1050. The fourth-order valence-corrected chi connectivity index (χ4v) is 4.32. The Morgan fingerprint density at radius 3 is 2.11 bits per heavy atom. The number of ether oxygens (including phenoxy) is 1. The van der Waals surface area contributed by atoms with Crippen molar-refractivity contribution in [1.29, 1.82) is 0 Å². The molecule has 3 aromatic rings. The monoisotopic (exact) mass is 459 g/mol. The van der Waals surface area contributed by atoms with Gasteiger partial charge in [0.05, 0.1) is 17.2 Å². The fourth-order valence-electron chi connectivity index (χ4n) is 2.62.